The van der Waals surface area contributed by atoms with Crippen molar-refractivity contribution in [1.29, 1.82) is 0 Å². The molecule has 0 radical (unpaired) electrons. The molecule has 0 aliphatic rings. The van der Waals surface area contributed by atoms with Crippen LogP contribution >= 0.6 is 70.2 Å². The molecule has 158 valence electrons. The second kappa shape index (κ2) is 14.6. The topological polar surface area (TPSA) is 59.0 Å². The van der Waals surface area contributed by atoms with Crippen LogP contribution in [0.25, 0.3) is 0 Å². The zero-order valence-electron chi connectivity index (χ0n) is 14.8. The molecule has 0 atom stereocenters. The standard InChI is InChI=1S/C7H7Cl3NO3PS.C5H12ClO2PS2/c1-12-15(16,13-2)14-7-5(9)3-4(8)6(10)11-7;1-3-7-9(10,8-4-2)11-5-6/h3H,1-2H3;3-5H2,1-2H3. The van der Waals surface area contributed by atoms with Crippen LogP contribution in [0, 0.1) is 0 Å². The molecular formula is C12H19Cl4NO5P2S3. The summed E-state index contributed by atoms with van der Waals surface area (Å²) in [5, 5.41) is 0.895. The number of hydrogen-bond acceptors (Lipinski definition) is 9. The van der Waals surface area contributed by atoms with Gasteiger partial charge < -0.3 is 22.6 Å². The Labute approximate surface area is 194 Å². The van der Waals surface area contributed by atoms with Gasteiger partial charge in [-0.1, -0.05) is 46.2 Å². The number of pyridine rings is 1. The maximum absolute atomic E-state index is 5.85. The van der Waals surface area contributed by atoms with Gasteiger partial charge in [0.2, 0.25) is 11.6 Å². The second-order valence-electron chi connectivity index (χ2n) is 3.97. The minimum Gasteiger partial charge on any atom is -0.404 e. The Morgan fingerprint density at radius 2 is 1.56 bits per heavy atom. The number of alkyl halides is 1. The van der Waals surface area contributed by atoms with Gasteiger partial charge in [0.1, 0.15) is 5.02 Å². The fourth-order valence-corrected chi connectivity index (χ4v) is 7.88. The molecule has 15 heteroatoms. The lowest BCUT2D eigenvalue weighted by atomic mass is 10.5. The van der Waals surface area contributed by atoms with Crippen molar-refractivity contribution < 1.29 is 22.6 Å². The van der Waals surface area contributed by atoms with E-state index in [1.165, 1.54) is 31.7 Å². The maximum Gasteiger partial charge on any atom is 0.381 e. The Morgan fingerprint density at radius 1 is 1.04 bits per heavy atom. The van der Waals surface area contributed by atoms with E-state index < -0.39 is 12.4 Å². The van der Waals surface area contributed by atoms with Crippen molar-refractivity contribution >= 4 is 93.8 Å². The van der Waals surface area contributed by atoms with Crippen LogP contribution in [0.4, 0.5) is 0 Å². The number of rotatable bonds is 10. The van der Waals surface area contributed by atoms with Gasteiger partial charge >= 0.3 is 6.72 Å². The smallest absolute Gasteiger partial charge is 0.381 e. The lowest BCUT2D eigenvalue weighted by Crippen LogP contribution is -1.99. The number of aromatic nitrogens is 1. The predicted octanol–water partition coefficient (Wildman–Crippen LogP) is 7.15. The van der Waals surface area contributed by atoms with Crippen molar-refractivity contribution in [1.82, 2.24) is 4.98 Å². The summed E-state index contributed by atoms with van der Waals surface area (Å²) in [6.45, 7) is 2.08. The summed E-state index contributed by atoms with van der Waals surface area (Å²) in [7, 11) is 2.74. The Morgan fingerprint density at radius 3 is 1.96 bits per heavy atom. The molecule has 0 amide bonds. The van der Waals surface area contributed by atoms with Gasteiger partial charge in [-0.15, -0.1) is 11.6 Å². The van der Waals surface area contributed by atoms with Crippen LogP contribution < -0.4 is 4.52 Å². The highest BCUT2D eigenvalue weighted by Gasteiger charge is 2.22. The fraction of sp³-hybridized carbons (Fsp3) is 0.583. The van der Waals surface area contributed by atoms with E-state index in [1.54, 1.807) is 0 Å². The third kappa shape index (κ3) is 11.0. The van der Waals surface area contributed by atoms with Crippen molar-refractivity contribution in [3.63, 3.8) is 0 Å². The van der Waals surface area contributed by atoms with Crippen molar-refractivity contribution in [2.45, 2.75) is 13.8 Å². The number of halogens is 4. The molecule has 0 bridgehead atoms. The molecule has 0 N–H and O–H groups in total. The first-order valence-corrected chi connectivity index (χ1v) is 15.6. The molecule has 0 aliphatic carbocycles. The lowest BCUT2D eigenvalue weighted by Gasteiger charge is -2.18. The third-order valence-corrected chi connectivity index (χ3v) is 11.5. The minimum absolute atomic E-state index is 0.0306. The second-order valence-corrected chi connectivity index (χ2v) is 15.2. The number of hydrogen-bond donors (Lipinski definition) is 0. The summed E-state index contributed by atoms with van der Waals surface area (Å²) < 4.78 is 25.7. The van der Waals surface area contributed by atoms with Crippen molar-refractivity contribution in [3.05, 3.63) is 21.3 Å². The highest BCUT2D eigenvalue weighted by atomic mass is 35.5. The Bertz CT molecular complexity index is 657. The van der Waals surface area contributed by atoms with Gasteiger partial charge in [0.15, 0.2) is 5.15 Å². The van der Waals surface area contributed by atoms with Gasteiger partial charge in [-0.3, -0.25) is 0 Å². The molecular weight excluding hydrogens is 538 g/mol. The van der Waals surface area contributed by atoms with Crippen LogP contribution in [-0.2, 0) is 41.7 Å². The van der Waals surface area contributed by atoms with E-state index >= 15 is 0 Å². The molecule has 1 aromatic heterocycles. The summed E-state index contributed by atoms with van der Waals surface area (Å²) in [6.07, 6.45) is 0. The molecule has 1 heterocycles. The first-order valence-electron chi connectivity index (χ1n) is 7.12. The Kier molecular flexibility index (Phi) is 15.4. The summed E-state index contributed by atoms with van der Waals surface area (Å²) in [4.78, 5) is 3.83. The van der Waals surface area contributed by atoms with Crippen LogP contribution in [0.15, 0.2) is 6.07 Å². The van der Waals surface area contributed by atoms with Crippen molar-refractivity contribution in [2.75, 3.05) is 32.6 Å². The van der Waals surface area contributed by atoms with Gasteiger partial charge in [-0.2, -0.15) is 4.98 Å². The van der Waals surface area contributed by atoms with E-state index in [4.69, 9.17) is 92.6 Å². The highest BCUT2D eigenvalue weighted by molar-refractivity contribution is 8.68. The molecule has 0 fully saturated rings. The first-order chi connectivity index (χ1) is 12.6. The van der Waals surface area contributed by atoms with E-state index in [1.807, 2.05) is 13.8 Å². The highest BCUT2D eigenvalue weighted by Crippen LogP contribution is 2.61. The van der Waals surface area contributed by atoms with E-state index in [0.717, 1.165) is 0 Å². The zero-order chi connectivity index (χ0) is 21.1. The first kappa shape index (κ1) is 28.6. The van der Waals surface area contributed by atoms with Gasteiger partial charge in [0, 0.05) is 26.0 Å². The van der Waals surface area contributed by atoms with Crippen molar-refractivity contribution in [2.24, 2.45) is 0 Å². The van der Waals surface area contributed by atoms with Gasteiger partial charge in [-0.25, -0.2) is 0 Å². The van der Waals surface area contributed by atoms with E-state index in [-0.39, 0.29) is 21.1 Å². The Balaban J connectivity index is 0.000000541. The van der Waals surface area contributed by atoms with Crippen LogP contribution in [0.3, 0.4) is 0 Å². The zero-order valence-corrected chi connectivity index (χ0v) is 22.1. The maximum atomic E-state index is 5.85. The van der Waals surface area contributed by atoms with Gasteiger partial charge in [0.05, 0.1) is 23.4 Å². The lowest BCUT2D eigenvalue weighted by molar-refractivity contribution is 0.270. The quantitative estimate of drug-likeness (QED) is 0.170. The van der Waals surface area contributed by atoms with E-state index in [2.05, 4.69) is 4.98 Å². The third-order valence-electron chi connectivity index (χ3n) is 2.28. The van der Waals surface area contributed by atoms with Gasteiger partial charge in [0.25, 0.3) is 0 Å². The van der Waals surface area contributed by atoms with Gasteiger partial charge in [-0.05, 0) is 31.7 Å². The normalized spacial score (nSPS) is 11.7. The largest absolute Gasteiger partial charge is 0.404 e. The summed E-state index contributed by atoms with van der Waals surface area (Å²) in [6, 6.07) is 1.40. The minimum atomic E-state index is -2.88. The van der Waals surface area contributed by atoms with Crippen molar-refractivity contribution in [3.8, 4) is 5.88 Å². The molecule has 1 aromatic rings. The van der Waals surface area contributed by atoms with Crippen LogP contribution in [-0.4, -0.2) is 37.6 Å². The van der Waals surface area contributed by atoms with Crippen LogP contribution in [0.2, 0.25) is 15.2 Å². The number of nitrogens with zero attached hydrogens (tertiary/aromatic N) is 1. The molecule has 0 aliphatic heterocycles. The SMILES string of the molecule is CCOP(=S)(OCC)SCCl.COP(=S)(OC)Oc1nc(Cl)c(Cl)cc1Cl. The average molecular weight is 557 g/mol. The molecule has 0 unspecified atom stereocenters. The van der Waals surface area contributed by atoms with E-state index in [0.29, 0.717) is 18.4 Å². The van der Waals surface area contributed by atoms with Crippen LogP contribution in [0.1, 0.15) is 13.8 Å². The summed E-state index contributed by atoms with van der Waals surface area (Å²) in [5.41, 5.74) is -2.10. The molecule has 1 rings (SSSR count). The summed E-state index contributed by atoms with van der Waals surface area (Å²) in [5.74, 6) is 0.0306. The van der Waals surface area contributed by atoms with Crippen LogP contribution in [0.5, 0.6) is 5.88 Å². The molecule has 6 nitrogen and oxygen atoms in total. The molecule has 27 heavy (non-hydrogen) atoms. The fourth-order valence-electron chi connectivity index (χ4n) is 1.24. The molecule has 0 saturated carbocycles. The predicted molar refractivity (Wildman–Crippen MR) is 124 cm³/mol. The average Bonchev–Trinajstić information content (AvgIpc) is 2.60. The summed E-state index contributed by atoms with van der Waals surface area (Å²) >= 11 is 34.3. The monoisotopic (exact) mass is 555 g/mol. The van der Waals surface area contributed by atoms with E-state index in [9.17, 15) is 0 Å². The molecule has 0 aromatic carbocycles. The molecule has 0 spiro atoms. The molecule has 0 saturated heterocycles. The Hall–Kier alpha value is 1.60.